The molecule has 0 spiro atoms. The Balaban J connectivity index is 1.30. The smallest absolute Gasteiger partial charge is 0.194 e. The summed E-state index contributed by atoms with van der Waals surface area (Å²) in [6.45, 7) is 2.29. The summed E-state index contributed by atoms with van der Waals surface area (Å²) in [5.41, 5.74) is 1.14. The van der Waals surface area contributed by atoms with Crippen LogP contribution in [-0.4, -0.2) is 0 Å². The van der Waals surface area contributed by atoms with E-state index in [4.69, 9.17) is 0 Å². The molecule has 3 aliphatic carbocycles. The van der Waals surface area contributed by atoms with Gasteiger partial charge >= 0.3 is 0 Å². The predicted octanol–water partition coefficient (Wildman–Crippen LogP) is 7.23. The van der Waals surface area contributed by atoms with E-state index >= 15 is 0 Å². The van der Waals surface area contributed by atoms with Crippen LogP contribution >= 0.6 is 0 Å². The first-order chi connectivity index (χ1) is 13.1. The van der Waals surface area contributed by atoms with Crippen molar-refractivity contribution < 1.29 is 13.2 Å². The molecule has 0 radical (unpaired) electrons. The molecule has 3 heteroatoms. The second-order valence-corrected chi connectivity index (χ2v) is 9.54. The molecule has 0 N–H and O–H groups in total. The summed E-state index contributed by atoms with van der Waals surface area (Å²) < 4.78 is 41.1. The van der Waals surface area contributed by atoms with Crippen LogP contribution in [0.5, 0.6) is 0 Å². The fourth-order valence-electron chi connectivity index (χ4n) is 6.48. The van der Waals surface area contributed by atoms with Gasteiger partial charge in [-0.15, -0.1) is 0 Å². The number of rotatable bonds is 4. The first-order valence-electron chi connectivity index (χ1n) is 11.2. The minimum Gasteiger partial charge on any atom is -0.204 e. The van der Waals surface area contributed by atoms with Crippen molar-refractivity contribution in [2.75, 3.05) is 0 Å². The molecule has 2 fully saturated rings. The lowest BCUT2D eigenvalue weighted by Gasteiger charge is -2.39. The van der Waals surface area contributed by atoms with Crippen LogP contribution in [0, 0.1) is 47.0 Å². The summed E-state index contributed by atoms with van der Waals surface area (Å²) >= 11 is 0. The van der Waals surface area contributed by atoms with Gasteiger partial charge in [-0.3, -0.25) is 0 Å². The third kappa shape index (κ3) is 3.93. The van der Waals surface area contributed by atoms with E-state index in [1.807, 2.05) is 0 Å². The van der Waals surface area contributed by atoms with Gasteiger partial charge in [0.2, 0.25) is 0 Å². The second kappa shape index (κ2) is 8.17. The third-order valence-corrected chi connectivity index (χ3v) is 8.04. The molecular weight excluding hydrogens is 345 g/mol. The standard InChI is InChI=1S/C24H33F3/c1-2-3-15-4-6-16(7-5-15)17-8-10-18(11-9-17)19-12-20-14-22(25)24(27)23(26)21(20)13-19/h14-19H,2-13H2,1H3. The van der Waals surface area contributed by atoms with Crippen LogP contribution in [0.4, 0.5) is 13.2 Å². The van der Waals surface area contributed by atoms with Crippen molar-refractivity contribution in [2.45, 2.75) is 84.0 Å². The Labute approximate surface area is 161 Å². The van der Waals surface area contributed by atoms with Crippen molar-refractivity contribution >= 4 is 0 Å². The maximum atomic E-state index is 14.1. The zero-order valence-electron chi connectivity index (χ0n) is 16.6. The van der Waals surface area contributed by atoms with Crippen LogP contribution in [0.1, 0.15) is 82.3 Å². The molecular formula is C24H33F3. The fraction of sp³-hybridized carbons (Fsp3) is 0.750. The predicted molar refractivity (Wildman–Crippen MR) is 103 cm³/mol. The highest BCUT2D eigenvalue weighted by Gasteiger charge is 2.37. The number of halogens is 3. The van der Waals surface area contributed by atoms with Gasteiger partial charge in [-0.25, -0.2) is 13.2 Å². The largest absolute Gasteiger partial charge is 0.204 e. The average Bonchev–Trinajstić information content (AvgIpc) is 3.11. The number of fused-ring (bicyclic) bond motifs is 1. The van der Waals surface area contributed by atoms with Crippen molar-refractivity contribution in [3.8, 4) is 0 Å². The molecule has 1 aromatic carbocycles. The summed E-state index contributed by atoms with van der Waals surface area (Å²) in [5, 5.41) is 0. The van der Waals surface area contributed by atoms with Gasteiger partial charge in [0.25, 0.3) is 0 Å². The highest BCUT2D eigenvalue weighted by molar-refractivity contribution is 5.35. The fourth-order valence-corrected chi connectivity index (χ4v) is 6.48. The van der Waals surface area contributed by atoms with Gasteiger partial charge in [0.05, 0.1) is 0 Å². The minimum absolute atomic E-state index is 0.372. The van der Waals surface area contributed by atoms with E-state index in [0.29, 0.717) is 29.4 Å². The molecule has 0 heterocycles. The molecule has 0 bridgehead atoms. The Morgan fingerprint density at radius 3 is 1.89 bits per heavy atom. The van der Waals surface area contributed by atoms with Crippen LogP contribution in [0.15, 0.2) is 6.07 Å². The van der Waals surface area contributed by atoms with E-state index in [0.717, 1.165) is 24.2 Å². The Bertz CT molecular complexity index is 652. The highest BCUT2D eigenvalue weighted by Crippen LogP contribution is 2.46. The van der Waals surface area contributed by atoms with Gasteiger partial charge in [-0.1, -0.05) is 32.6 Å². The number of hydrogen-bond acceptors (Lipinski definition) is 0. The Hall–Kier alpha value is -0.990. The summed E-state index contributed by atoms with van der Waals surface area (Å²) in [5.74, 6) is 0.457. The quantitative estimate of drug-likeness (QED) is 0.485. The van der Waals surface area contributed by atoms with Crippen LogP contribution in [0.2, 0.25) is 0 Å². The second-order valence-electron chi connectivity index (χ2n) is 9.54. The van der Waals surface area contributed by atoms with Gasteiger partial charge in [0.1, 0.15) is 0 Å². The Morgan fingerprint density at radius 1 is 0.741 bits per heavy atom. The summed E-state index contributed by atoms with van der Waals surface area (Å²) in [6, 6.07) is 1.23. The van der Waals surface area contributed by atoms with Crippen molar-refractivity contribution in [1.29, 1.82) is 0 Å². The van der Waals surface area contributed by atoms with E-state index in [-0.39, 0.29) is 0 Å². The van der Waals surface area contributed by atoms with Crippen molar-refractivity contribution in [1.82, 2.24) is 0 Å². The van der Waals surface area contributed by atoms with Gasteiger partial charge in [-0.05, 0) is 98.1 Å². The summed E-state index contributed by atoms with van der Waals surface area (Å²) in [6.07, 6.45) is 14.7. The molecule has 4 rings (SSSR count). The monoisotopic (exact) mass is 378 g/mol. The topological polar surface area (TPSA) is 0 Å². The third-order valence-electron chi connectivity index (χ3n) is 8.04. The van der Waals surface area contributed by atoms with E-state index in [9.17, 15) is 13.2 Å². The molecule has 2 saturated carbocycles. The molecule has 150 valence electrons. The van der Waals surface area contributed by atoms with Crippen molar-refractivity contribution in [3.05, 3.63) is 34.6 Å². The molecule has 0 saturated heterocycles. The molecule has 3 aliphatic rings. The van der Waals surface area contributed by atoms with Gasteiger partial charge < -0.3 is 0 Å². The molecule has 27 heavy (non-hydrogen) atoms. The molecule has 0 aromatic heterocycles. The van der Waals surface area contributed by atoms with Crippen LogP contribution in [0.3, 0.4) is 0 Å². The van der Waals surface area contributed by atoms with Crippen LogP contribution < -0.4 is 0 Å². The van der Waals surface area contributed by atoms with Gasteiger partial charge in [0.15, 0.2) is 17.5 Å². The maximum Gasteiger partial charge on any atom is 0.194 e. The molecule has 1 aromatic rings. The molecule has 0 amide bonds. The van der Waals surface area contributed by atoms with E-state index < -0.39 is 17.5 Å². The first kappa shape index (κ1) is 19.3. The molecule has 1 unspecified atom stereocenters. The Kier molecular flexibility index (Phi) is 5.85. The van der Waals surface area contributed by atoms with Crippen LogP contribution in [-0.2, 0) is 12.8 Å². The lowest BCUT2D eigenvalue weighted by atomic mass is 9.67. The van der Waals surface area contributed by atoms with Crippen LogP contribution in [0.25, 0.3) is 0 Å². The Morgan fingerprint density at radius 2 is 1.30 bits per heavy atom. The molecule has 1 atom stereocenters. The number of benzene rings is 1. The summed E-state index contributed by atoms with van der Waals surface area (Å²) in [7, 11) is 0. The number of hydrogen-bond donors (Lipinski definition) is 0. The van der Waals surface area contributed by atoms with Crippen molar-refractivity contribution in [2.24, 2.45) is 29.6 Å². The molecule has 0 nitrogen and oxygen atoms in total. The van der Waals surface area contributed by atoms with E-state index in [1.54, 1.807) is 0 Å². The lowest BCUT2D eigenvalue weighted by molar-refractivity contribution is 0.125. The van der Waals surface area contributed by atoms with Gasteiger partial charge in [-0.2, -0.15) is 0 Å². The summed E-state index contributed by atoms with van der Waals surface area (Å²) in [4.78, 5) is 0. The van der Waals surface area contributed by atoms with Crippen molar-refractivity contribution in [3.63, 3.8) is 0 Å². The highest BCUT2D eigenvalue weighted by atomic mass is 19.2. The van der Waals surface area contributed by atoms with Gasteiger partial charge in [0, 0.05) is 0 Å². The lowest BCUT2D eigenvalue weighted by Crippen LogP contribution is -2.28. The minimum atomic E-state index is -1.29. The molecule has 0 aliphatic heterocycles. The normalized spacial score (nSPS) is 33.9. The average molecular weight is 379 g/mol. The van der Waals surface area contributed by atoms with E-state index in [1.165, 1.54) is 70.3 Å². The SMILES string of the molecule is CCCC1CCC(C2CCC(C3Cc4cc(F)c(F)c(F)c4C3)CC2)CC1. The maximum absolute atomic E-state index is 14.1. The van der Waals surface area contributed by atoms with E-state index in [2.05, 4.69) is 6.92 Å². The zero-order valence-corrected chi connectivity index (χ0v) is 16.6. The first-order valence-corrected chi connectivity index (χ1v) is 11.2. The zero-order chi connectivity index (χ0) is 19.0.